The first-order valence-electron chi connectivity index (χ1n) is 5.91. The van der Waals surface area contributed by atoms with Crippen molar-refractivity contribution in [3.05, 3.63) is 61.3 Å². The molecule has 5 nitrogen and oxygen atoms in total. The summed E-state index contributed by atoms with van der Waals surface area (Å²) in [5.41, 5.74) is 1.36. The van der Waals surface area contributed by atoms with Gasteiger partial charge in [0, 0.05) is 29.7 Å². The maximum atomic E-state index is 10.9. The summed E-state index contributed by atoms with van der Waals surface area (Å²) >= 11 is 7.26. The van der Waals surface area contributed by atoms with Gasteiger partial charge in [0.2, 0.25) is 0 Å². The Hall–Kier alpha value is -1.47. The highest BCUT2D eigenvalue weighted by atomic mass is 35.5. The summed E-state index contributed by atoms with van der Waals surface area (Å²) in [5.74, 6) is 0. The summed E-state index contributed by atoms with van der Waals surface area (Å²) in [6, 6.07) is 6.40. The highest BCUT2D eigenvalue weighted by Gasteiger charge is 2.14. The van der Waals surface area contributed by atoms with E-state index in [0.29, 0.717) is 23.7 Å². The number of benzene rings is 1. The van der Waals surface area contributed by atoms with Gasteiger partial charge in [-0.1, -0.05) is 11.6 Å². The van der Waals surface area contributed by atoms with E-state index in [2.05, 4.69) is 5.32 Å². The van der Waals surface area contributed by atoms with Gasteiger partial charge < -0.3 is 10.4 Å². The number of halogens is 1. The Morgan fingerprint density at radius 1 is 1.45 bits per heavy atom. The van der Waals surface area contributed by atoms with Crippen LogP contribution < -0.4 is 5.32 Å². The molecule has 1 atom stereocenters. The van der Waals surface area contributed by atoms with Crippen molar-refractivity contribution in [2.24, 2.45) is 0 Å². The van der Waals surface area contributed by atoms with E-state index in [-0.39, 0.29) is 5.69 Å². The van der Waals surface area contributed by atoms with Gasteiger partial charge >= 0.3 is 0 Å². The third-order valence-corrected chi connectivity index (χ3v) is 3.76. The fourth-order valence-corrected chi connectivity index (χ4v) is 2.66. The zero-order valence-electron chi connectivity index (χ0n) is 10.5. The lowest BCUT2D eigenvalue weighted by atomic mass is 10.1. The predicted molar refractivity (Wildman–Crippen MR) is 79.1 cm³/mol. The molecule has 2 rings (SSSR count). The van der Waals surface area contributed by atoms with Gasteiger partial charge in [-0.25, -0.2) is 0 Å². The van der Waals surface area contributed by atoms with E-state index in [1.54, 1.807) is 12.1 Å². The van der Waals surface area contributed by atoms with Crippen LogP contribution in [0.5, 0.6) is 0 Å². The van der Waals surface area contributed by atoms with Gasteiger partial charge in [-0.15, -0.1) is 0 Å². The smallest absolute Gasteiger partial charge is 0.275 e. The highest BCUT2D eigenvalue weighted by molar-refractivity contribution is 7.07. The zero-order chi connectivity index (χ0) is 14.5. The van der Waals surface area contributed by atoms with Crippen molar-refractivity contribution < 1.29 is 10.0 Å². The maximum Gasteiger partial charge on any atom is 0.275 e. The summed E-state index contributed by atoms with van der Waals surface area (Å²) in [6.45, 7) is 0.630. The average molecular weight is 313 g/mol. The van der Waals surface area contributed by atoms with Gasteiger partial charge in [0.1, 0.15) is 0 Å². The van der Waals surface area contributed by atoms with Crippen molar-refractivity contribution in [3.63, 3.8) is 0 Å². The molecule has 0 saturated heterocycles. The summed E-state index contributed by atoms with van der Waals surface area (Å²) in [4.78, 5) is 10.5. The number of rotatable bonds is 6. The van der Waals surface area contributed by atoms with E-state index in [1.165, 1.54) is 17.4 Å². The molecule has 0 radical (unpaired) electrons. The molecule has 0 aliphatic rings. The lowest BCUT2D eigenvalue weighted by molar-refractivity contribution is -0.385. The summed E-state index contributed by atoms with van der Waals surface area (Å²) in [6.07, 6.45) is -0.618. The van der Waals surface area contributed by atoms with Crippen molar-refractivity contribution >= 4 is 28.6 Å². The van der Waals surface area contributed by atoms with Crippen molar-refractivity contribution in [1.82, 2.24) is 5.32 Å². The molecular weight excluding hydrogens is 300 g/mol. The van der Waals surface area contributed by atoms with Crippen molar-refractivity contribution in [1.29, 1.82) is 0 Å². The Bertz CT molecular complexity index is 589. The fraction of sp³-hybridized carbons (Fsp3) is 0.231. The summed E-state index contributed by atoms with van der Waals surface area (Å²) in [7, 11) is 0. The second-order valence-corrected chi connectivity index (χ2v) is 5.45. The Labute approximate surface area is 125 Å². The van der Waals surface area contributed by atoms with Crippen LogP contribution in [0.25, 0.3) is 0 Å². The molecule has 0 aliphatic carbocycles. The van der Waals surface area contributed by atoms with Crippen LogP contribution in [0.15, 0.2) is 35.0 Å². The number of aliphatic hydroxyl groups is 1. The van der Waals surface area contributed by atoms with Crippen LogP contribution in [0.1, 0.15) is 17.2 Å². The van der Waals surface area contributed by atoms with Gasteiger partial charge in [-0.3, -0.25) is 10.1 Å². The van der Waals surface area contributed by atoms with Crippen LogP contribution >= 0.6 is 22.9 Å². The first kappa shape index (κ1) is 14.9. The quantitative estimate of drug-likeness (QED) is 0.634. The third-order valence-electron chi connectivity index (χ3n) is 2.83. The lowest BCUT2D eigenvalue weighted by Crippen LogP contribution is -2.21. The molecule has 2 aromatic rings. The standard InChI is InChI=1S/C13H13ClN2O3S/c14-11-2-1-9(12(5-11)16(18)19)6-15-7-13(17)10-3-4-20-8-10/h1-5,8,13,15,17H,6-7H2. The zero-order valence-corrected chi connectivity index (χ0v) is 12.0. The maximum absolute atomic E-state index is 10.9. The number of thiophene rings is 1. The number of aliphatic hydroxyl groups excluding tert-OH is 1. The lowest BCUT2D eigenvalue weighted by Gasteiger charge is -2.10. The minimum Gasteiger partial charge on any atom is -0.387 e. The number of hydrogen-bond donors (Lipinski definition) is 2. The van der Waals surface area contributed by atoms with E-state index in [1.807, 2.05) is 16.8 Å². The SMILES string of the molecule is O=[N+]([O-])c1cc(Cl)ccc1CNCC(O)c1ccsc1. The third kappa shape index (κ3) is 3.77. The van der Waals surface area contributed by atoms with Gasteiger partial charge in [0.15, 0.2) is 0 Å². The number of hydrogen-bond acceptors (Lipinski definition) is 5. The first-order valence-corrected chi connectivity index (χ1v) is 7.23. The molecule has 0 amide bonds. The second-order valence-electron chi connectivity index (χ2n) is 4.23. The van der Waals surface area contributed by atoms with Crippen LogP contribution in [0, 0.1) is 10.1 Å². The molecule has 1 aromatic carbocycles. The molecular formula is C13H13ClN2O3S. The van der Waals surface area contributed by atoms with Crippen LogP contribution in [-0.2, 0) is 6.54 Å². The predicted octanol–water partition coefficient (Wildman–Crippen LogP) is 3.13. The molecule has 1 heterocycles. The molecule has 0 spiro atoms. The molecule has 0 bridgehead atoms. The topological polar surface area (TPSA) is 75.4 Å². The molecule has 106 valence electrons. The molecule has 0 aliphatic heterocycles. The van der Waals surface area contributed by atoms with E-state index in [9.17, 15) is 15.2 Å². The molecule has 1 aromatic heterocycles. The second kappa shape index (κ2) is 6.81. The van der Waals surface area contributed by atoms with Crippen LogP contribution in [0.2, 0.25) is 5.02 Å². The van der Waals surface area contributed by atoms with Crippen LogP contribution in [-0.4, -0.2) is 16.6 Å². The molecule has 20 heavy (non-hydrogen) atoms. The van der Waals surface area contributed by atoms with Crippen molar-refractivity contribution in [2.75, 3.05) is 6.54 Å². The largest absolute Gasteiger partial charge is 0.387 e. The fourth-order valence-electron chi connectivity index (χ4n) is 1.78. The number of nitrogens with one attached hydrogen (secondary N) is 1. The molecule has 1 unspecified atom stereocenters. The monoisotopic (exact) mass is 312 g/mol. The van der Waals surface area contributed by atoms with Gasteiger partial charge in [-0.2, -0.15) is 11.3 Å². The normalized spacial score (nSPS) is 12.3. The van der Waals surface area contributed by atoms with Crippen LogP contribution in [0.4, 0.5) is 5.69 Å². The molecule has 0 fully saturated rings. The van der Waals surface area contributed by atoms with Crippen LogP contribution in [0.3, 0.4) is 0 Å². The van der Waals surface area contributed by atoms with Gasteiger partial charge in [0.05, 0.1) is 11.0 Å². The number of nitro groups is 1. The minimum absolute atomic E-state index is 0.0185. The average Bonchev–Trinajstić information content (AvgIpc) is 2.94. The van der Waals surface area contributed by atoms with Crippen molar-refractivity contribution in [3.8, 4) is 0 Å². The highest BCUT2D eigenvalue weighted by Crippen LogP contribution is 2.23. The van der Waals surface area contributed by atoms with E-state index >= 15 is 0 Å². The van der Waals surface area contributed by atoms with Gasteiger partial charge in [0.25, 0.3) is 5.69 Å². The minimum atomic E-state index is -0.618. The number of nitrogens with zero attached hydrogens (tertiary/aromatic N) is 1. The van der Waals surface area contributed by atoms with Crippen molar-refractivity contribution in [2.45, 2.75) is 12.6 Å². The Morgan fingerprint density at radius 2 is 2.25 bits per heavy atom. The Balaban J connectivity index is 1.96. The summed E-state index contributed by atoms with van der Waals surface area (Å²) in [5, 5.41) is 27.9. The molecule has 7 heteroatoms. The Kier molecular flexibility index (Phi) is 5.08. The number of nitro benzene ring substituents is 1. The Morgan fingerprint density at radius 3 is 2.90 bits per heavy atom. The van der Waals surface area contributed by atoms with E-state index in [4.69, 9.17) is 11.6 Å². The van der Waals surface area contributed by atoms with E-state index in [0.717, 1.165) is 5.56 Å². The molecule has 2 N–H and O–H groups in total. The van der Waals surface area contributed by atoms with Gasteiger partial charge in [-0.05, 0) is 34.5 Å². The summed E-state index contributed by atoms with van der Waals surface area (Å²) < 4.78 is 0. The first-order chi connectivity index (χ1) is 9.58. The molecule has 0 saturated carbocycles. The van der Waals surface area contributed by atoms with E-state index < -0.39 is 11.0 Å².